The molecule has 1 aromatic carbocycles. The van der Waals surface area contributed by atoms with Crippen LogP contribution in [0.15, 0.2) is 24.3 Å². The van der Waals surface area contributed by atoms with Crippen molar-refractivity contribution in [2.75, 3.05) is 26.4 Å². The summed E-state index contributed by atoms with van der Waals surface area (Å²) >= 11 is 0. The first-order valence-electron chi connectivity index (χ1n) is 8.96. The van der Waals surface area contributed by atoms with Gasteiger partial charge in [0.1, 0.15) is 11.9 Å². The third-order valence-corrected chi connectivity index (χ3v) is 3.86. The Labute approximate surface area is 149 Å². The number of hydrogen-bond acceptors (Lipinski definition) is 5. The highest BCUT2D eigenvalue weighted by molar-refractivity contribution is 5.69. The van der Waals surface area contributed by atoms with Crippen LogP contribution >= 0.6 is 0 Å². The molecule has 1 fully saturated rings. The van der Waals surface area contributed by atoms with E-state index < -0.39 is 0 Å². The van der Waals surface area contributed by atoms with E-state index in [1.807, 2.05) is 51.1 Å². The number of carbonyl (C=O) groups excluding carboxylic acids is 1. The summed E-state index contributed by atoms with van der Waals surface area (Å²) in [5.74, 6) is 0.666. The second-order valence-corrected chi connectivity index (χ2v) is 5.90. The highest BCUT2D eigenvalue weighted by Gasteiger charge is 2.24. The Balaban J connectivity index is 2.01. The van der Waals surface area contributed by atoms with Crippen LogP contribution in [0.25, 0.3) is 6.08 Å². The molecule has 1 aliphatic rings. The Hall–Kier alpha value is -1.85. The van der Waals surface area contributed by atoms with E-state index in [0.29, 0.717) is 32.7 Å². The molecular formula is C20H28O5. The van der Waals surface area contributed by atoms with Gasteiger partial charge in [-0.15, -0.1) is 0 Å². The van der Waals surface area contributed by atoms with Crippen molar-refractivity contribution in [2.45, 2.75) is 45.8 Å². The van der Waals surface area contributed by atoms with Gasteiger partial charge < -0.3 is 18.9 Å². The summed E-state index contributed by atoms with van der Waals surface area (Å²) in [5.41, 5.74) is 2.13. The normalized spacial score (nSPS) is 17.5. The number of epoxide rings is 1. The van der Waals surface area contributed by atoms with Crippen LogP contribution in [0.1, 0.15) is 50.8 Å². The van der Waals surface area contributed by atoms with Gasteiger partial charge in [0.2, 0.25) is 0 Å². The molecule has 0 unspecified atom stereocenters. The topological polar surface area (TPSA) is 57.3 Å². The van der Waals surface area contributed by atoms with Gasteiger partial charge in [-0.3, -0.25) is 4.79 Å². The van der Waals surface area contributed by atoms with Crippen LogP contribution in [-0.2, 0) is 19.0 Å². The molecule has 5 nitrogen and oxygen atoms in total. The molecule has 5 heteroatoms. The van der Waals surface area contributed by atoms with E-state index in [2.05, 4.69) is 0 Å². The number of rotatable bonds is 11. The lowest BCUT2D eigenvalue weighted by Crippen LogP contribution is -2.08. The number of carbonyl (C=O) groups is 1. The lowest BCUT2D eigenvalue weighted by molar-refractivity contribution is -0.142. The Morgan fingerprint density at radius 1 is 1.36 bits per heavy atom. The zero-order valence-electron chi connectivity index (χ0n) is 15.3. The number of benzene rings is 1. The van der Waals surface area contributed by atoms with Crippen molar-refractivity contribution in [1.29, 1.82) is 0 Å². The first-order chi connectivity index (χ1) is 12.1. The van der Waals surface area contributed by atoms with Gasteiger partial charge >= 0.3 is 5.97 Å². The Kier molecular flexibility index (Phi) is 7.95. The zero-order chi connectivity index (χ0) is 18.1. The predicted octanol–water partition coefficient (Wildman–Crippen LogP) is 3.92. The van der Waals surface area contributed by atoms with Crippen LogP contribution in [0, 0.1) is 0 Å². The molecule has 0 N–H and O–H groups in total. The van der Waals surface area contributed by atoms with E-state index in [0.717, 1.165) is 23.5 Å². The fourth-order valence-electron chi connectivity index (χ4n) is 2.46. The maximum atomic E-state index is 11.4. The summed E-state index contributed by atoms with van der Waals surface area (Å²) < 4.78 is 21.7. The van der Waals surface area contributed by atoms with E-state index >= 15 is 0 Å². The summed E-state index contributed by atoms with van der Waals surface area (Å²) in [4.78, 5) is 11.4. The van der Waals surface area contributed by atoms with Gasteiger partial charge in [-0.2, -0.15) is 0 Å². The molecule has 0 bridgehead atoms. The first-order valence-corrected chi connectivity index (χ1v) is 8.96. The smallest absolute Gasteiger partial charge is 0.306 e. The molecule has 0 radical (unpaired) electrons. The van der Waals surface area contributed by atoms with Crippen LogP contribution in [0.3, 0.4) is 0 Å². The van der Waals surface area contributed by atoms with Gasteiger partial charge in [-0.25, -0.2) is 0 Å². The van der Waals surface area contributed by atoms with Gasteiger partial charge in [0, 0.05) is 6.42 Å². The number of allylic oxidation sites excluding steroid dienone is 1. The van der Waals surface area contributed by atoms with Crippen molar-refractivity contribution < 1.29 is 23.7 Å². The molecule has 1 saturated heterocycles. The molecule has 1 aliphatic heterocycles. The van der Waals surface area contributed by atoms with Gasteiger partial charge in [0.25, 0.3) is 0 Å². The van der Waals surface area contributed by atoms with Crippen molar-refractivity contribution >= 4 is 12.0 Å². The fourth-order valence-corrected chi connectivity index (χ4v) is 2.46. The maximum absolute atomic E-state index is 11.4. The van der Waals surface area contributed by atoms with Crippen molar-refractivity contribution in [3.05, 3.63) is 35.4 Å². The van der Waals surface area contributed by atoms with Crippen LogP contribution in [0.5, 0.6) is 5.75 Å². The number of esters is 1. The second-order valence-electron chi connectivity index (χ2n) is 5.90. The van der Waals surface area contributed by atoms with Crippen LogP contribution < -0.4 is 4.74 Å². The zero-order valence-corrected chi connectivity index (χ0v) is 15.3. The SMILES string of the molecule is CCOC(=O)CC/C=C/c1ccc(OCC)cc1[C@@H](C)OC[C@H]1CO1. The predicted molar refractivity (Wildman–Crippen MR) is 96.6 cm³/mol. The van der Waals surface area contributed by atoms with E-state index in [-0.39, 0.29) is 18.2 Å². The van der Waals surface area contributed by atoms with Crippen molar-refractivity contribution in [3.63, 3.8) is 0 Å². The summed E-state index contributed by atoms with van der Waals surface area (Å²) in [7, 11) is 0. The van der Waals surface area contributed by atoms with Gasteiger partial charge in [0.05, 0.1) is 32.5 Å². The summed E-state index contributed by atoms with van der Waals surface area (Å²) in [6, 6.07) is 6.00. The van der Waals surface area contributed by atoms with Crippen molar-refractivity contribution in [1.82, 2.24) is 0 Å². The van der Waals surface area contributed by atoms with Gasteiger partial charge in [-0.1, -0.05) is 18.2 Å². The molecule has 2 atom stereocenters. The molecule has 0 spiro atoms. The Bertz CT molecular complexity index is 577. The van der Waals surface area contributed by atoms with Crippen LogP contribution in [0.4, 0.5) is 0 Å². The first kappa shape index (κ1) is 19.5. The Morgan fingerprint density at radius 3 is 2.84 bits per heavy atom. The molecule has 1 heterocycles. The monoisotopic (exact) mass is 348 g/mol. The van der Waals surface area contributed by atoms with Gasteiger partial charge in [0.15, 0.2) is 0 Å². The number of hydrogen-bond donors (Lipinski definition) is 0. The minimum absolute atomic E-state index is 0.0608. The van der Waals surface area contributed by atoms with E-state index in [9.17, 15) is 4.79 Å². The van der Waals surface area contributed by atoms with E-state index in [4.69, 9.17) is 18.9 Å². The fraction of sp³-hybridized carbons (Fsp3) is 0.550. The molecular weight excluding hydrogens is 320 g/mol. The summed E-state index contributed by atoms with van der Waals surface area (Å²) in [5, 5.41) is 0. The molecule has 0 amide bonds. The lowest BCUT2D eigenvalue weighted by Gasteiger charge is -2.17. The van der Waals surface area contributed by atoms with E-state index in [1.165, 1.54) is 0 Å². The van der Waals surface area contributed by atoms with E-state index in [1.54, 1.807) is 0 Å². The minimum atomic E-state index is -0.166. The van der Waals surface area contributed by atoms with Crippen LogP contribution in [-0.4, -0.2) is 38.5 Å². The van der Waals surface area contributed by atoms with Crippen molar-refractivity contribution in [2.24, 2.45) is 0 Å². The second kappa shape index (κ2) is 10.2. The third-order valence-electron chi connectivity index (χ3n) is 3.86. The highest BCUT2D eigenvalue weighted by Crippen LogP contribution is 2.28. The van der Waals surface area contributed by atoms with Gasteiger partial charge in [-0.05, 0) is 50.5 Å². The molecule has 25 heavy (non-hydrogen) atoms. The maximum Gasteiger partial charge on any atom is 0.306 e. The number of ether oxygens (including phenoxy) is 4. The Morgan fingerprint density at radius 2 is 2.16 bits per heavy atom. The largest absolute Gasteiger partial charge is 0.494 e. The lowest BCUT2D eigenvalue weighted by atomic mass is 10.0. The standard InChI is InChI=1S/C20H28O5/c1-4-22-17-11-10-16(8-6-7-9-20(21)23-5-2)19(12-17)15(3)24-13-18-14-25-18/h6,8,10-12,15,18H,4-5,7,9,13-14H2,1-3H3/b8-6+/t15-,18+/m1/s1. The summed E-state index contributed by atoms with van der Waals surface area (Å²) in [6.07, 6.45) is 5.23. The molecule has 2 rings (SSSR count). The molecule has 0 aromatic heterocycles. The summed E-state index contributed by atoms with van der Waals surface area (Å²) in [6.45, 7) is 8.24. The average molecular weight is 348 g/mol. The highest BCUT2D eigenvalue weighted by atomic mass is 16.6. The molecule has 0 aliphatic carbocycles. The minimum Gasteiger partial charge on any atom is -0.494 e. The van der Waals surface area contributed by atoms with Crippen LogP contribution in [0.2, 0.25) is 0 Å². The molecule has 1 aromatic rings. The van der Waals surface area contributed by atoms with Crippen molar-refractivity contribution in [3.8, 4) is 5.75 Å². The molecule has 0 saturated carbocycles. The quantitative estimate of drug-likeness (QED) is 0.448. The average Bonchev–Trinajstić information content (AvgIpc) is 3.42. The third kappa shape index (κ3) is 6.88. The molecule has 138 valence electrons.